The van der Waals surface area contributed by atoms with Crippen LogP contribution in [0, 0.1) is 13.8 Å². The van der Waals surface area contributed by atoms with Gasteiger partial charge in [0.05, 0.1) is 17.3 Å². The van der Waals surface area contributed by atoms with Crippen LogP contribution in [0.3, 0.4) is 0 Å². The maximum atomic E-state index is 9.92. The average molecular weight is 378 g/mol. The van der Waals surface area contributed by atoms with Gasteiger partial charge in [0.25, 0.3) is 0 Å². The quantitative estimate of drug-likeness (QED) is 0.317. The molecule has 0 saturated carbocycles. The lowest BCUT2D eigenvalue weighted by molar-refractivity contribution is 0.475. The first kappa shape index (κ1) is 16.2. The molecule has 2 heterocycles. The summed E-state index contributed by atoms with van der Waals surface area (Å²) in [6.07, 6.45) is 1.80. The fraction of sp³-hybridized carbons (Fsp3) is 0.0800. The molecule has 2 N–H and O–H groups in total. The van der Waals surface area contributed by atoms with Crippen LogP contribution < -0.4 is 0 Å². The molecular weight excluding hydrogens is 360 g/mol. The molecule has 4 heteroatoms. The number of furan rings is 1. The summed E-state index contributed by atoms with van der Waals surface area (Å²) in [5.41, 5.74) is 5.91. The number of fused-ring (bicyclic) bond motifs is 8. The molecule has 4 aromatic carbocycles. The summed E-state index contributed by atoms with van der Waals surface area (Å²) in [6, 6.07) is 17.8. The molecule has 6 aromatic rings. The molecular formula is C25H18N2O2. The largest absolute Gasteiger partial charge is 0.508 e. The second-order valence-corrected chi connectivity index (χ2v) is 7.64. The molecule has 0 unspecified atom stereocenters. The number of aryl methyl sites for hydroxylation is 2. The number of aromatic nitrogens is 2. The maximum Gasteiger partial charge on any atom is 0.144 e. The number of nitrogens with one attached hydrogen (secondary N) is 1. The normalized spacial score (nSPS) is 11.9. The van der Waals surface area contributed by atoms with Gasteiger partial charge in [0.2, 0.25) is 0 Å². The molecule has 0 amide bonds. The molecule has 0 aliphatic carbocycles. The van der Waals surface area contributed by atoms with Crippen LogP contribution in [-0.4, -0.2) is 15.1 Å². The van der Waals surface area contributed by atoms with Gasteiger partial charge in [-0.2, -0.15) is 0 Å². The number of aromatic hydroxyl groups is 1. The molecule has 0 radical (unpaired) electrons. The van der Waals surface area contributed by atoms with Gasteiger partial charge in [-0.15, -0.1) is 0 Å². The van der Waals surface area contributed by atoms with Crippen molar-refractivity contribution in [1.82, 2.24) is 9.97 Å². The Morgan fingerprint density at radius 3 is 2.55 bits per heavy atom. The molecule has 140 valence electrons. The second-order valence-electron chi connectivity index (χ2n) is 7.64. The Morgan fingerprint density at radius 2 is 1.69 bits per heavy atom. The molecule has 2 aromatic heterocycles. The standard InChI is InChI=1S/C25H18N2O2/c1-13-5-3-8-18-17(13)9-10-19-21(18)23-22(20-14(2)12-29-24(19)20)26-25(27-23)15-6-4-7-16(28)11-15/h3-12,28H,1-2H3,(H,26,27). The van der Waals surface area contributed by atoms with Crippen molar-refractivity contribution < 1.29 is 9.52 Å². The number of aromatic amines is 1. The van der Waals surface area contributed by atoms with E-state index >= 15 is 0 Å². The topological polar surface area (TPSA) is 62.0 Å². The Morgan fingerprint density at radius 1 is 0.862 bits per heavy atom. The highest BCUT2D eigenvalue weighted by atomic mass is 16.3. The van der Waals surface area contributed by atoms with Crippen LogP contribution in [0.5, 0.6) is 5.75 Å². The average Bonchev–Trinajstić information content (AvgIpc) is 3.32. The number of nitrogens with zero attached hydrogens (tertiary/aromatic N) is 1. The van der Waals surface area contributed by atoms with Crippen molar-refractivity contribution in [3.05, 3.63) is 72.0 Å². The summed E-state index contributed by atoms with van der Waals surface area (Å²) in [5.74, 6) is 0.952. The third-order valence-corrected chi connectivity index (χ3v) is 5.81. The molecule has 29 heavy (non-hydrogen) atoms. The van der Waals surface area contributed by atoms with E-state index in [0.717, 1.165) is 55.1 Å². The van der Waals surface area contributed by atoms with Crippen molar-refractivity contribution in [2.75, 3.05) is 0 Å². The highest BCUT2D eigenvalue weighted by Crippen LogP contribution is 2.41. The number of benzene rings is 4. The van der Waals surface area contributed by atoms with Crippen LogP contribution in [-0.2, 0) is 0 Å². The van der Waals surface area contributed by atoms with Crippen molar-refractivity contribution >= 4 is 43.5 Å². The number of rotatable bonds is 1. The number of phenolic OH excluding ortho intramolecular Hbond substituents is 1. The van der Waals surface area contributed by atoms with E-state index in [4.69, 9.17) is 9.40 Å². The minimum atomic E-state index is 0.221. The fourth-order valence-corrected chi connectivity index (χ4v) is 4.44. The lowest BCUT2D eigenvalue weighted by atomic mass is 9.96. The van der Waals surface area contributed by atoms with E-state index in [0.29, 0.717) is 0 Å². The van der Waals surface area contributed by atoms with E-state index in [1.54, 1.807) is 18.4 Å². The first-order valence-electron chi connectivity index (χ1n) is 9.63. The van der Waals surface area contributed by atoms with Crippen LogP contribution in [0.1, 0.15) is 11.1 Å². The van der Waals surface area contributed by atoms with E-state index in [9.17, 15) is 5.11 Å². The summed E-state index contributed by atoms with van der Waals surface area (Å²) < 4.78 is 6.00. The Kier molecular flexibility index (Phi) is 3.13. The SMILES string of the molecule is Cc1cccc2c1ccc1c3occ(C)c3c3[nH]c(-c4cccc(O)c4)nc3c21. The van der Waals surface area contributed by atoms with Gasteiger partial charge in [-0.3, -0.25) is 0 Å². The predicted molar refractivity (Wildman–Crippen MR) is 117 cm³/mol. The molecule has 0 saturated heterocycles. The van der Waals surface area contributed by atoms with Crippen LogP contribution >= 0.6 is 0 Å². The molecule has 4 nitrogen and oxygen atoms in total. The summed E-state index contributed by atoms with van der Waals surface area (Å²) in [7, 11) is 0. The van der Waals surface area contributed by atoms with Crippen molar-refractivity contribution in [2.24, 2.45) is 0 Å². The fourth-order valence-electron chi connectivity index (χ4n) is 4.44. The Hall–Kier alpha value is -3.79. The first-order valence-corrected chi connectivity index (χ1v) is 9.63. The minimum absolute atomic E-state index is 0.221. The third-order valence-electron chi connectivity index (χ3n) is 5.81. The van der Waals surface area contributed by atoms with Crippen molar-refractivity contribution in [3.8, 4) is 17.1 Å². The van der Waals surface area contributed by atoms with Crippen molar-refractivity contribution in [2.45, 2.75) is 13.8 Å². The smallest absolute Gasteiger partial charge is 0.144 e. The molecule has 0 bridgehead atoms. The van der Waals surface area contributed by atoms with Crippen LogP contribution in [0.2, 0.25) is 0 Å². The lowest BCUT2D eigenvalue weighted by Gasteiger charge is -2.08. The summed E-state index contributed by atoms with van der Waals surface area (Å²) >= 11 is 0. The zero-order chi connectivity index (χ0) is 19.7. The number of hydrogen-bond acceptors (Lipinski definition) is 3. The Balaban J connectivity index is 1.87. The van der Waals surface area contributed by atoms with Crippen LogP contribution in [0.25, 0.3) is 54.9 Å². The number of H-pyrrole nitrogens is 1. The van der Waals surface area contributed by atoms with E-state index in [1.165, 1.54) is 10.9 Å². The van der Waals surface area contributed by atoms with E-state index in [1.807, 2.05) is 12.1 Å². The van der Waals surface area contributed by atoms with Crippen molar-refractivity contribution in [1.29, 1.82) is 0 Å². The van der Waals surface area contributed by atoms with Gasteiger partial charge in [0.15, 0.2) is 0 Å². The molecule has 6 rings (SSSR count). The Labute approximate surface area is 166 Å². The van der Waals surface area contributed by atoms with Crippen molar-refractivity contribution in [3.63, 3.8) is 0 Å². The first-order chi connectivity index (χ1) is 14.1. The van der Waals surface area contributed by atoms with Gasteiger partial charge < -0.3 is 14.5 Å². The predicted octanol–water partition coefficient (Wildman–Crippen LogP) is 6.60. The van der Waals surface area contributed by atoms with Gasteiger partial charge in [-0.25, -0.2) is 4.98 Å². The number of hydrogen-bond donors (Lipinski definition) is 2. The van der Waals surface area contributed by atoms with Gasteiger partial charge >= 0.3 is 0 Å². The molecule has 0 spiro atoms. The zero-order valence-electron chi connectivity index (χ0n) is 16.1. The van der Waals surface area contributed by atoms with E-state index < -0.39 is 0 Å². The van der Waals surface area contributed by atoms with Gasteiger partial charge in [-0.1, -0.05) is 36.4 Å². The molecule has 0 aliphatic heterocycles. The second kappa shape index (κ2) is 5.61. The molecule has 0 aliphatic rings. The van der Waals surface area contributed by atoms with Gasteiger partial charge in [0.1, 0.15) is 17.2 Å². The maximum absolute atomic E-state index is 9.92. The minimum Gasteiger partial charge on any atom is -0.508 e. The zero-order valence-corrected chi connectivity index (χ0v) is 16.1. The van der Waals surface area contributed by atoms with Gasteiger partial charge in [-0.05, 0) is 53.9 Å². The van der Waals surface area contributed by atoms with E-state index in [2.05, 4.69) is 49.2 Å². The third kappa shape index (κ3) is 2.17. The van der Waals surface area contributed by atoms with E-state index in [-0.39, 0.29) is 5.75 Å². The summed E-state index contributed by atoms with van der Waals surface area (Å²) in [6.45, 7) is 4.18. The van der Waals surface area contributed by atoms with Crippen LogP contribution in [0.4, 0.5) is 0 Å². The highest BCUT2D eigenvalue weighted by molar-refractivity contribution is 6.29. The monoisotopic (exact) mass is 378 g/mol. The molecule has 0 atom stereocenters. The van der Waals surface area contributed by atoms with Crippen LogP contribution in [0.15, 0.2) is 65.3 Å². The Bertz CT molecular complexity index is 1590. The number of phenols is 1. The summed E-state index contributed by atoms with van der Waals surface area (Å²) in [4.78, 5) is 8.49. The van der Waals surface area contributed by atoms with Gasteiger partial charge in [0, 0.05) is 21.7 Å². The molecule has 0 fully saturated rings. The lowest BCUT2D eigenvalue weighted by Crippen LogP contribution is -1.85. The summed E-state index contributed by atoms with van der Waals surface area (Å²) in [5, 5.41) is 15.5. The highest BCUT2D eigenvalue weighted by Gasteiger charge is 2.19. The number of imidazole rings is 1.